The first kappa shape index (κ1) is 20.3. The third kappa shape index (κ3) is 5.14. The van der Waals surface area contributed by atoms with Gasteiger partial charge in [0.2, 0.25) is 0 Å². The minimum absolute atomic E-state index is 0.0788. The predicted molar refractivity (Wildman–Crippen MR) is 110 cm³/mol. The van der Waals surface area contributed by atoms with Crippen LogP contribution in [0, 0.1) is 11.6 Å². The molecule has 1 unspecified atom stereocenters. The molecule has 4 nitrogen and oxygen atoms in total. The third-order valence-corrected chi connectivity index (χ3v) is 4.85. The highest BCUT2D eigenvalue weighted by atomic mass is 19.1. The highest BCUT2D eigenvalue weighted by Gasteiger charge is 2.20. The maximum atomic E-state index is 13.3. The molecule has 3 aromatic carbocycles. The molecule has 4 rings (SSSR count). The molecule has 0 aromatic heterocycles. The first-order chi connectivity index (χ1) is 14.7. The molecule has 30 heavy (non-hydrogen) atoms. The molecular formula is C24H23F2NO3. The van der Waals surface area contributed by atoms with Crippen LogP contribution in [0.15, 0.2) is 72.8 Å². The van der Waals surface area contributed by atoms with Crippen molar-refractivity contribution in [2.24, 2.45) is 0 Å². The predicted octanol–water partition coefficient (Wildman–Crippen LogP) is 4.50. The highest BCUT2D eigenvalue weighted by molar-refractivity contribution is 5.40. The Kier molecular flexibility index (Phi) is 6.57. The molecule has 0 radical (unpaired) electrons. The van der Waals surface area contributed by atoms with Gasteiger partial charge in [-0.3, -0.25) is 0 Å². The molecular weight excluding hydrogens is 388 g/mol. The minimum atomic E-state index is -0.408. The normalized spacial score (nSPS) is 15.4. The smallest absolute Gasteiger partial charge is 0.161 e. The monoisotopic (exact) mass is 411 g/mol. The molecule has 0 spiro atoms. The number of fused-ring (bicyclic) bond motifs is 1. The summed E-state index contributed by atoms with van der Waals surface area (Å²) >= 11 is 0. The summed E-state index contributed by atoms with van der Waals surface area (Å²) in [5.41, 5.74) is 1.62. The van der Waals surface area contributed by atoms with Crippen molar-refractivity contribution in [3.8, 4) is 11.5 Å². The van der Waals surface area contributed by atoms with Gasteiger partial charge in [-0.1, -0.05) is 36.4 Å². The van der Waals surface area contributed by atoms with E-state index in [-0.39, 0.29) is 17.7 Å². The molecule has 0 saturated heterocycles. The second kappa shape index (κ2) is 9.69. The van der Waals surface area contributed by atoms with Crippen molar-refractivity contribution in [1.29, 1.82) is 0 Å². The highest BCUT2D eigenvalue weighted by Crippen LogP contribution is 2.30. The van der Waals surface area contributed by atoms with Gasteiger partial charge in [-0.15, -0.1) is 0 Å². The summed E-state index contributed by atoms with van der Waals surface area (Å²) in [6, 6.07) is 19.9. The number of ether oxygens (including phenoxy) is 3. The second-order valence-corrected chi connectivity index (χ2v) is 7.06. The molecule has 3 aromatic rings. The van der Waals surface area contributed by atoms with Crippen LogP contribution >= 0.6 is 0 Å². The largest absolute Gasteiger partial charge is 0.486 e. The number of para-hydroxylation sites is 2. The van der Waals surface area contributed by atoms with Crippen LogP contribution in [-0.4, -0.2) is 32.4 Å². The van der Waals surface area contributed by atoms with Crippen molar-refractivity contribution in [2.45, 2.75) is 12.2 Å². The maximum absolute atomic E-state index is 13.3. The third-order valence-electron chi connectivity index (χ3n) is 4.85. The Labute approximate surface area is 174 Å². The maximum Gasteiger partial charge on any atom is 0.161 e. The van der Waals surface area contributed by atoms with E-state index in [9.17, 15) is 8.78 Å². The molecule has 1 aliphatic heterocycles. The van der Waals surface area contributed by atoms with E-state index in [0.29, 0.717) is 26.3 Å². The summed E-state index contributed by atoms with van der Waals surface area (Å²) in [6.07, 6.45) is -0.487. The number of benzene rings is 3. The zero-order valence-corrected chi connectivity index (χ0v) is 16.4. The van der Waals surface area contributed by atoms with E-state index in [1.54, 1.807) is 24.3 Å². The van der Waals surface area contributed by atoms with Gasteiger partial charge in [0.05, 0.1) is 6.61 Å². The van der Waals surface area contributed by atoms with E-state index in [0.717, 1.165) is 22.6 Å². The van der Waals surface area contributed by atoms with Gasteiger partial charge in [0.15, 0.2) is 11.5 Å². The Bertz CT molecular complexity index is 902. The molecule has 1 heterocycles. The summed E-state index contributed by atoms with van der Waals surface area (Å²) in [5, 5.41) is 3.31. The van der Waals surface area contributed by atoms with Gasteiger partial charge in [0.1, 0.15) is 30.4 Å². The Morgan fingerprint density at radius 1 is 0.867 bits per heavy atom. The van der Waals surface area contributed by atoms with E-state index in [4.69, 9.17) is 14.2 Å². The topological polar surface area (TPSA) is 39.7 Å². The Hall–Kier alpha value is -2.96. The summed E-state index contributed by atoms with van der Waals surface area (Å²) in [4.78, 5) is 0. The van der Waals surface area contributed by atoms with Crippen molar-refractivity contribution < 1.29 is 23.0 Å². The van der Waals surface area contributed by atoms with Crippen molar-refractivity contribution >= 4 is 0 Å². The van der Waals surface area contributed by atoms with Crippen LogP contribution in [-0.2, 0) is 4.74 Å². The van der Waals surface area contributed by atoms with Gasteiger partial charge in [-0.05, 0) is 47.5 Å². The van der Waals surface area contributed by atoms with Gasteiger partial charge >= 0.3 is 0 Å². The molecule has 0 saturated carbocycles. The Balaban J connectivity index is 1.30. The molecule has 6 heteroatoms. The van der Waals surface area contributed by atoms with E-state index in [1.165, 1.54) is 24.3 Å². The molecule has 0 amide bonds. The van der Waals surface area contributed by atoms with Crippen LogP contribution in [0.5, 0.6) is 11.5 Å². The van der Waals surface area contributed by atoms with Gasteiger partial charge < -0.3 is 19.5 Å². The van der Waals surface area contributed by atoms with Crippen molar-refractivity contribution in [2.75, 3.05) is 26.3 Å². The average Bonchev–Trinajstić information content (AvgIpc) is 2.78. The first-order valence-corrected chi connectivity index (χ1v) is 9.91. The average molecular weight is 411 g/mol. The van der Waals surface area contributed by atoms with E-state index in [1.807, 2.05) is 24.3 Å². The Morgan fingerprint density at radius 2 is 1.47 bits per heavy atom. The minimum Gasteiger partial charge on any atom is -0.486 e. The van der Waals surface area contributed by atoms with Crippen LogP contribution in [0.1, 0.15) is 17.2 Å². The van der Waals surface area contributed by atoms with Crippen molar-refractivity contribution in [3.63, 3.8) is 0 Å². The van der Waals surface area contributed by atoms with Gasteiger partial charge in [-0.2, -0.15) is 0 Å². The van der Waals surface area contributed by atoms with Crippen molar-refractivity contribution in [3.05, 3.63) is 95.6 Å². The second-order valence-electron chi connectivity index (χ2n) is 7.06. The molecule has 0 fully saturated rings. The molecule has 0 bridgehead atoms. The summed E-state index contributed by atoms with van der Waals surface area (Å²) < 4.78 is 44.3. The zero-order chi connectivity index (χ0) is 20.8. The van der Waals surface area contributed by atoms with E-state index < -0.39 is 6.10 Å². The number of rotatable bonds is 8. The summed E-state index contributed by atoms with van der Waals surface area (Å²) in [7, 11) is 0. The number of hydrogen-bond donors (Lipinski definition) is 1. The molecule has 1 atom stereocenters. The quantitative estimate of drug-likeness (QED) is 0.554. The van der Waals surface area contributed by atoms with E-state index >= 15 is 0 Å². The fourth-order valence-corrected chi connectivity index (χ4v) is 3.34. The van der Waals surface area contributed by atoms with Crippen LogP contribution in [0.4, 0.5) is 8.78 Å². The number of halogens is 2. The van der Waals surface area contributed by atoms with Gasteiger partial charge in [0.25, 0.3) is 0 Å². The summed E-state index contributed by atoms with van der Waals surface area (Å²) in [6.45, 7) is 2.12. The molecule has 1 N–H and O–H groups in total. The van der Waals surface area contributed by atoms with Gasteiger partial charge in [-0.25, -0.2) is 8.78 Å². The first-order valence-electron chi connectivity index (χ1n) is 9.91. The SMILES string of the molecule is Fc1ccc(C(OCCNCC2COc3ccccc3O2)c2ccc(F)cc2)cc1. The fourth-order valence-electron chi connectivity index (χ4n) is 3.34. The van der Waals surface area contributed by atoms with Crippen LogP contribution in [0.3, 0.4) is 0 Å². The zero-order valence-electron chi connectivity index (χ0n) is 16.4. The number of hydrogen-bond acceptors (Lipinski definition) is 4. The van der Waals surface area contributed by atoms with Crippen LogP contribution < -0.4 is 14.8 Å². The molecule has 0 aliphatic carbocycles. The van der Waals surface area contributed by atoms with Crippen molar-refractivity contribution in [1.82, 2.24) is 5.32 Å². The lowest BCUT2D eigenvalue weighted by Crippen LogP contribution is -2.39. The lowest BCUT2D eigenvalue weighted by atomic mass is 10.0. The van der Waals surface area contributed by atoms with Crippen LogP contribution in [0.2, 0.25) is 0 Å². The standard InChI is InChI=1S/C24H23F2NO3/c25-19-9-5-17(6-10-19)24(18-7-11-20(26)12-8-18)28-14-13-27-15-21-16-29-22-3-1-2-4-23(22)30-21/h1-12,21,24,27H,13-16H2. The van der Waals surface area contributed by atoms with Gasteiger partial charge in [0, 0.05) is 13.1 Å². The number of nitrogens with one attached hydrogen (secondary N) is 1. The molecule has 1 aliphatic rings. The van der Waals surface area contributed by atoms with E-state index in [2.05, 4.69) is 5.32 Å². The Morgan fingerprint density at radius 3 is 2.10 bits per heavy atom. The molecule has 156 valence electrons. The fraction of sp³-hybridized carbons (Fsp3) is 0.250. The lowest BCUT2D eigenvalue weighted by Gasteiger charge is -2.26. The summed E-state index contributed by atoms with van der Waals surface area (Å²) in [5.74, 6) is 0.891. The van der Waals surface area contributed by atoms with Crippen LogP contribution in [0.25, 0.3) is 0 Å². The lowest BCUT2D eigenvalue weighted by molar-refractivity contribution is 0.0709.